The molecular formula is C11H15BrN2O. The van der Waals surface area contributed by atoms with Gasteiger partial charge in [-0.1, -0.05) is 13.3 Å². The number of aromatic amines is 1. The minimum absolute atomic E-state index is 0.0196. The minimum atomic E-state index is -0.0196. The van der Waals surface area contributed by atoms with E-state index in [9.17, 15) is 4.79 Å². The average molecular weight is 271 g/mol. The van der Waals surface area contributed by atoms with Gasteiger partial charge in [-0.3, -0.25) is 4.79 Å². The smallest absolute Gasteiger partial charge is 0.267 e. The third-order valence-corrected chi connectivity index (χ3v) is 3.59. The van der Waals surface area contributed by atoms with Crippen LogP contribution in [0.25, 0.3) is 0 Å². The van der Waals surface area contributed by atoms with Crippen LogP contribution in [-0.4, -0.2) is 17.4 Å². The van der Waals surface area contributed by atoms with Crippen molar-refractivity contribution in [1.82, 2.24) is 10.3 Å². The second-order valence-corrected chi connectivity index (χ2v) is 5.49. The highest BCUT2D eigenvalue weighted by Gasteiger charge is 2.31. The highest BCUT2D eigenvalue weighted by Crippen LogP contribution is 2.39. The lowest BCUT2D eigenvalue weighted by atomic mass is 9.70. The maximum atomic E-state index is 11.7. The zero-order valence-corrected chi connectivity index (χ0v) is 10.4. The van der Waals surface area contributed by atoms with Crippen molar-refractivity contribution in [2.24, 2.45) is 5.41 Å². The van der Waals surface area contributed by atoms with Crippen molar-refractivity contribution in [1.29, 1.82) is 0 Å². The van der Waals surface area contributed by atoms with Crippen LogP contribution in [0.15, 0.2) is 16.7 Å². The van der Waals surface area contributed by atoms with E-state index in [1.54, 1.807) is 12.3 Å². The summed E-state index contributed by atoms with van der Waals surface area (Å²) in [5, 5.41) is 2.96. The Balaban J connectivity index is 1.87. The monoisotopic (exact) mass is 270 g/mol. The molecule has 0 aromatic carbocycles. The van der Waals surface area contributed by atoms with E-state index in [4.69, 9.17) is 0 Å². The average Bonchev–Trinajstić information content (AvgIpc) is 2.58. The second-order valence-electron chi connectivity index (χ2n) is 4.58. The Kier molecular flexibility index (Phi) is 2.87. The molecule has 82 valence electrons. The number of hydrogen-bond acceptors (Lipinski definition) is 1. The summed E-state index contributed by atoms with van der Waals surface area (Å²) >= 11 is 3.30. The molecule has 1 saturated carbocycles. The predicted octanol–water partition coefficient (Wildman–Crippen LogP) is 2.70. The van der Waals surface area contributed by atoms with Gasteiger partial charge in [-0.25, -0.2) is 0 Å². The Morgan fingerprint density at radius 1 is 1.67 bits per heavy atom. The zero-order valence-electron chi connectivity index (χ0n) is 8.77. The molecule has 0 aliphatic heterocycles. The molecule has 1 amide bonds. The number of rotatable bonds is 3. The van der Waals surface area contributed by atoms with Gasteiger partial charge in [-0.05, 0) is 40.3 Å². The maximum absolute atomic E-state index is 11.7. The first-order valence-electron chi connectivity index (χ1n) is 5.21. The van der Waals surface area contributed by atoms with Gasteiger partial charge in [-0.2, -0.15) is 0 Å². The van der Waals surface area contributed by atoms with Crippen LogP contribution in [-0.2, 0) is 0 Å². The number of carbonyl (C=O) groups is 1. The lowest BCUT2D eigenvalue weighted by Gasteiger charge is -2.38. The van der Waals surface area contributed by atoms with Gasteiger partial charge in [0.05, 0.1) is 0 Å². The van der Waals surface area contributed by atoms with Crippen LogP contribution in [0.1, 0.15) is 36.7 Å². The van der Waals surface area contributed by atoms with Crippen molar-refractivity contribution < 1.29 is 4.79 Å². The fourth-order valence-electron chi connectivity index (χ4n) is 1.85. The molecule has 0 spiro atoms. The van der Waals surface area contributed by atoms with Gasteiger partial charge in [-0.15, -0.1) is 0 Å². The molecular weight excluding hydrogens is 256 g/mol. The van der Waals surface area contributed by atoms with E-state index in [0.717, 1.165) is 11.0 Å². The number of amides is 1. The van der Waals surface area contributed by atoms with Gasteiger partial charge < -0.3 is 10.3 Å². The number of hydrogen-bond donors (Lipinski definition) is 2. The van der Waals surface area contributed by atoms with Gasteiger partial charge in [0.25, 0.3) is 5.91 Å². The van der Waals surface area contributed by atoms with Crippen LogP contribution < -0.4 is 5.32 Å². The molecule has 0 unspecified atom stereocenters. The number of halogens is 1. The van der Waals surface area contributed by atoms with E-state index in [0.29, 0.717) is 11.1 Å². The Bertz CT molecular complexity index is 368. The molecule has 1 aromatic heterocycles. The van der Waals surface area contributed by atoms with Gasteiger partial charge >= 0.3 is 0 Å². The fourth-order valence-corrected chi connectivity index (χ4v) is 2.19. The van der Waals surface area contributed by atoms with Crippen molar-refractivity contribution in [3.8, 4) is 0 Å². The summed E-state index contributed by atoms with van der Waals surface area (Å²) in [6.45, 7) is 3.00. The largest absolute Gasteiger partial charge is 0.356 e. The highest BCUT2D eigenvalue weighted by molar-refractivity contribution is 9.10. The maximum Gasteiger partial charge on any atom is 0.267 e. The van der Waals surface area contributed by atoms with E-state index in [-0.39, 0.29) is 5.91 Å². The van der Waals surface area contributed by atoms with E-state index in [2.05, 4.69) is 33.2 Å². The summed E-state index contributed by atoms with van der Waals surface area (Å²) in [7, 11) is 0. The summed E-state index contributed by atoms with van der Waals surface area (Å²) in [5.41, 5.74) is 0.948. The third kappa shape index (κ3) is 2.43. The van der Waals surface area contributed by atoms with Crippen LogP contribution in [0.5, 0.6) is 0 Å². The van der Waals surface area contributed by atoms with Gasteiger partial charge in [0.1, 0.15) is 5.69 Å². The lowest BCUT2D eigenvalue weighted by molar-refractivity contribution is 0.0886. The number of H-pyrrole nitrogens is 1. The molecule has 0 radical (unpaired) electrons. The predicted molar refractivity (Wildman–Crippen MR) is 62.8 cm³/mol. The Hall–Kier alpha value is -0.770. The van der Waals surface area contributed by atoms with E-state index in [1.165, 1.54) is 19.3 Å². The summed E-state index contributed by atoms with van der Waals surface area (Å²) in [5.74, 6) is -0.0196. The lowest BCUT2D eigenvalue weighted by Crippen LogP contribution is -2.40. The van der Waals surface area contributed by atoms with Gasteiger partial charge in [0.2, 0.25) is 0 Å². The molecule has 4 heteroatoms. The molecule has 2 N–H and O–H groups in total. The Morgan fingerprint density at radius 2 is 2.40 bits per heavy atom. The molecule has 0 atom stereocenters. The summed E-state index contributed by atoms with van der Waals surface area (Å²) in [4.78, 5) is 14.6. The van der Waals surface area contributed by atoms with Crippen molar-refractivity contribution in [2.75, 3.05) is 6.54 Å². The Labute approximate surface area is 97.8 Å². The molecule has 15 heavy (non-hydrogen) atoms. The van der Waals surface area contributed by atoms with E-state index >= 15 is 0 Å². The summed E-state index contributed by atoms with van der Waals surface area (Å²) < 4.78 is 0.905. The molecule has 3 nitrogen and oxygen atoms in total. The second kappa shape index (κ2) is 4.00. The van der Waals surface area contributed by atoms with Crippen LogP contribution >= 0.6 is 15.9 Å². The molecule has 2 rings (SSSR count). The first kappa shape index (κ1) is 10.7. The first-order valence-corrected chi connectivity index (χ1v) is 6.01. The van der Waals surface area contributed by atoms with Crippen LogP contribution in [0.2, 0.25) is 0 Å². The SMILES string of the molecule is CC1(CNC(=O)c2cc(Br)c[nH]2)CCC1. The molecule has 0 bridgehead atoms. The highest BCUT2D eigenvalue weighted by atomic mass is 79.9. The van der Waals surface area contributed by atoms with Crippen molar-refractivity contribution in [3.63, 3.8) is 0 Å². The standard InChI is InChI=1S/C11H15BrN2O/c1-11(3-2-4-11)7-14-10(15)9-5-8(12)6-13-9/h5-6,13H,2-4,7H2,1H3,(H,14,15). The molecule has 1 aliphatic rings. The van der Waals surface area contributed by atoms with Crippen molar-refractivity contribution in [3.05, 3.63) is 22.4 Å². The van der Waals surface area contributed by atoms with E-state index < -0.39 is 0 Å². The normalized spacial score (nSPS) is 18.3. The molecule has 1 heterocycles. The number of nitrogens with one attached hydrogen (secondary N) is 2. The summed E-state index contributed by atoms with van der Waals surface area (Å²) in [6.07, 6.45) is 5.50. The van der Waals surface area contributed by atoms with Gasteiger partial charge in [0.15, 0.2) is 0 Å². The van der Waals surface area contributed by atoms with Crippen molar-refractivity contribution >= 4 is 21.8 Å². The number of aromatic nitrogens is 1. The van der Waals surface area contributed by atoms with Crippen molar-refractivity contribution in [2.45, 2.75) is 26.2 Å². The molecule has 0 saturated heterocycles. The fraction of sp³-hybridized carbons (Fsp3) is 0.545. The molecule has 1 aromatic rings. The quantitative estimate of drug-likeness (QED) is 0.872. The zero-order chi connectivity index (χ0) is 10.9. The summed E-state index contributed by atoms with van der Waals surface area (Å²) in [6, 6.07) is 1.79. The Morgan fingerprint density at radius 3 is 2.87 bits per heavy atom. The molecule has 1 aliphatic carbocycles. The third-order valence-electron chi connectivity index (χ3n) is 3.13. The number of carbonyl (C=O) groups excluding carboxylic acids is 1. The minimum Gasteiger partial charge on any atom is -0.356 e. The van der Waals surface area contributed by atoms with Crippen LogP contribution in [0.4, 0.5) is 0 Å². The van der Waals surface area contributed by atoms with Crippen LogP contribution in [0.3, 0.4) is 0 Å². The van der Waals surface area contributed by atoms with E-state index in [1.807, 2.05) is 0 Å². The topological polar surface area (TPSA) is 44.9 Å². The molecule has 1 fully saturated rings. The van der Waals surface area contributed by atoms with Gasteiger partial charge in [0, 0.05) is 17.2 Å². The van der Waals surface area contributed by atoms with Crippen LogP contribution in [0, 0.1) is 5.41 Å². The first-order chi connectivity index (χ1) is 7.09.